The number of rotatable bonds is 2. The van der Waals surface area contributed by atoms with E-state index in [9.17, 15) is 4.79 Å². The Morgan fingerprint density at radius 1 is 1.04 bits per heavy atom. The van der Waals surface area contributed by atoms with Crippen LogP contribution in [0.1, 0.15) is 31.7 Å². The lowest BCUT2D eigenvalue weighted by atomic mass is 9.98. The molecule has 0 radical (unpaired) electrons. The van der Waals surface area contributed by atoms with Gasteiger partial charge in [-0.2, -0.15) is 15.0 Å². The number of carbonyl (C=O) groups is 1. The van der Waals surface area contributed by atoms with Gasteiger partial charge in [0.1, 0.15) is 0 Å². The molecule has 0 aliphatic carbocycles. The Morgan fingerprint density at radius 3 is 2.33 bits per heavy atom. The number of amides is 2. The van der Waals surface area contributed by atoms with Gasteiger partial charge in [0.15, 0.2) is 0 Å². The van der Waals surface area contributed by atoms with Crippen molar-refractivity contribution in [2.24, 2.45) is 0 Å². The van der Waals surface area contributed by atoms with Gasteiger partial charge < -0.3 is 10.2 Å². The van der Waals surface area contributed by atoms with Gasteiger partial charge in [-0.05, 0) is 43.9 Å². The standard InChI is InChI=1S/C16H17Cl2N5O/c17-14-4-1-10(7-15(14)18)21-16(24)22-11-2-3-12(22)9-13(8-11)23-19-5-6-20-23/h1,4-7,11-13H,2-3,8-9H2,(H,21,24). The van der Waals surface area contributed by atoms with Crippen LogP contribution in [0.3, 0.4) is 0 Å². The molecule has 4 rings (SSSR count). The number of nitrogens with zero attached hydrogens (tertiary/aromatic N) is 4. The highest BCUT2D eigenvalue weighted by Gasteiger charge is 2.44. The number of anilines is 1. The number of aromatic nitrogens is 3. The van der Waals surface area contributed by atoms with Crippen molar-refractivity contribution < 1.29 is 4.79 Å². The van der Waals surface area contributed by atoms with E-state index < -0.39 is 0 Å². The lowest BCUT2D eigenvalue weighted by molar-refractivity contribution is 0.124. The molecule has 2 fully saturated rings. The molecule has 0 spiro atoms. The van der Waals surface area contributed by atoms with E-state index in [-0.39, 0.29) is 24.2 Å². The maximum absolute atomic E-state index is 12.7. The fourth-order valence-electron chi connectivity index (χ4n) is 3.84. The van der Waals surface area contributed by atoms with Crippen LogP contribution in [0.25, 0.3) is 0 Å². The number of halogens is 2. The van der Waals surface area contributed by atoms with Crippen molar-refractivity contribution in [1.29, 1.82) is 0 Å². The zero-order chi connectivity index (χ0) is 16.7. The molecule has 2 amide bonds. The van der Waals surface area contributed by atoms with Crippen LogP contribution >= 0.6 is 23.2 Å². The maximum Gasteiger partial charge on any atom is 0.322 e. The van der Waals surface area contributed by atoms with Crippen molar-refractivity contribution in [2.75, 3.05) is 5.32 Å². The second-order valence-corrected chi connectivity index (χ2v) is 7.14. The Balaban J connectivity index is 1.47. The quantitative estimate of drug-likeness (QED) is 0.874. The summed E-state index contributed by atoms with van der Waals surface area (Å²) in [5, 5.41) is 12.3. The van der Waals surface area contributed by atoms with E-state index in [0.29, 0.717) is 15.7 Å². The predicted molar refractivity (Wildman–Crippen MR) is 92.4 cm³/mol. The third-order valence-electron chi connectivity index (χ3n) is 4.88. The van der Waals surface area contributed by atoms with E-state index >= 15 is 0 Å². The monoisotopic (exact) mass is 365 g/mol. The van der Waals surface area contributed by atoms with Crippen LogP contribution in [0.15, 0.2) is 30.6 Å². The third kappa shape index (κ3) is 2.84. The number of hydrogen-bond donors (Lipinski definition) is 1. The number of carbonyl (C=O) groups excluding carboxylic acids is 1. The fraction of sp³-hybridized carbons (Fsp3) is 0.438. The summed E-state index contributed by atoms with van der Waals surface area (Å²) >= 11 is 11.9. The largest absolute Gasteiger partial charge is 0.322 e. The van der Waals surface area contributed by atoms with Crippen LogP contribution in [0, 0.1) is 0 Å². The van der Waals surface area contributed by atoms with Crippen LogP contribution in [0.5, 0.6) is 0 Å². The average molecular weight is 366 g/mol. The first-order chi connectivity index (χ1) is 11.6. The lowest BCUT2D eigenvalue weighted by Crippen LogP contribution is -2.49. The maximum atomic E-state index is 12.7. The zero-order valence-electron chi connectivity index (χ0n) is 12.9. The number of nitrogens with one attached hydrogen (secondary N) is 1. The molecule has 8 heteroatoms. The molecular weight excluding hydrogens is 349 g/mol. The summed E-state index contributed by atoms with van der Waals surface area (Å²) in [4.78, 5) is 16.5. The minimum atomic E-state index is -0.0761. The summed E-state index contributed by atoms with van der Waals surface area (Å²) in [6.45, 7) is 0. The van der Waals surface area contributed by atoms with Crippen molar-refractivity contribution in [3.05, 3.63) is 40.6 Å². The van der Waals surface area contributed by atoms with Gasteiger partial charge in [0.05, 0.1) is 28.5 Å². The van der Waals surface area contributed by atoms with Crippen LogP contribution in [-0.2, 0) is 0 Å². The Kier molecular flexibility index (Phi) is 4.10. The molecule has 2 aliphatic rings. The molecule has 2 aliphatic heterocycles. The molecule has 1 aromatic carbocycles. The molecule has 2 saturated heterocycles. The normalized spacial score (nSPS) is 25.8. The molecule has 0 saturated carbocycles. The minimum absolute atomic E-state index is 0.0761. The SMILES string of the molecule is O=C(Nc1ccc(Cl)c(Cl)c1)N1C2CCC1CC(n1nccn1)C2. The first-order valence-corrected chi connectivity index (χ1v) is 8.77. The smallest absolute Gasteiger partial charge is 0.318 e. The molecule has 2 unspecified atom stereocenters. The van der Waals surface area contributed by atoms with Gasteiger partial charge in [-0.25, -0.2) is 4.79 Å². The first kappa shape index (κ1) is 15.7. The van der Waals surface area contributed by atoms with Gasteiger partial charge in [0.2, 0.25) is 0 Å². The van der Waals surface area contributed by atoms with E-state index in [1.807, 2.05) is 4.90 Å². The van der Waals surface area contributed by atoms with Crippen LogP contribution < -0.4 is 5.32 Å². The van der Waals surface area contributed by atoms with Crippen molar-refractivity contribution >= 4 is 34.9 Å². The van der Waals surface area contributed by atoms with Crippen LogP contribution in [0.2, 0.25) is 10.0 Å². The molecule has 2 aromatic rings. The highest BCUT2D eigenvalue weighted by atomic mass is 35.5. The van der Waals surface area contributed by atoms with Gasteiger partial charge in [-0.3, -0.25) is 0 Å². The zero-order valence-corrected chi connectivity index (χ0v) is 14.4. The van der Waals surface area contributed by atoms with Gasteiger partial charge in [0.25, 0.3) is 0 Å². The van der Waals surface area contributed by atoms with Crippen LogP contribution in [-0.4, -0.2) is 38.0 Å². The molecule has 3 heterocycles. The summed E-state index contributed by atoms with van der Waals surface area (Å²) in [5.74, 6) is 0. The number of benzene rings is 1. The molecule has 6 nitrogen and oxygen atoms in total. The molecule has 2 bridgehead atoms. The van der Waals surface area contributed by atoms with Crippen LogP contribution in [0.4, 0.5) is 10.5 Å². The Hall–Kier alpha value is -1.79. The lowest BCUT2D eigenvalue weighted by Gasteiger charge is -2.38. The van der Waals surface area contributed by atoms with Gasteiger partial charge in [-0.15, -0.1) is 0 Å². The van der Waals surface area contributed by atoms with Crippen molar-refractivity contribution in [2.45, 2.75) is 43.8 Å². The molecule has 24 heavy (non-hydrogen) atoms. The highest BCUT2D eigenvalue weighted by molar-refractivity contribution is 6.42. The van der Waals surface area contributed by atoms with E-state index in [0.717, 1.165) is 25.7 Å². The van der Waals surface area contributed by atoms with Crippen molar-refractivity contribution in [1.82, 2.24) is 19.9 Å². The molecule has 126 valence electrons. The topological polar surface area (TPSA) is 63.1 Å². The van der Waals surface area contributed by atoms with Gasteiger partial charge in [0, 0.05) is 17.8 Å². The minimum Gasteiger partial charge on any atom is -0.318 e. The second kappa shape index (κ2) is 6.26. The summed E-state index contributed by atoms with van der Waals surface area (Å²) in [5.41, 5.74) is 0.657. The summed E-state index contributed by atoms with van der Waals surface area (Å²) in [6.07, 6.45) is 7.23. The predicted octanol–water partition coefficient (Wildman–Crippen LogP) is 3.98. The highest BCUT2D eigenvalue weighted by Crippen LogP contribution is 2.40. The van der Waals surface area contributed by atoms with E-state index in [4.69, 9.17) is 23.2 Å². The average Bonchev–Trinajstić information content (AvgIpc) is 3.18. The number of urea groups is 1. The van der Waals surface area contributed by atoms with Crippen molar-refractivity contribution in [3.8, 4) is 0 Å². The Morgan fingerprint density at radius 2 is 1.71 bits per heavy atom. The number of hydrogen-bond acceptors (Lipinski definition) is 3. The molecule has 1 aromatic heterocycles. The molecule has 2 atom stereocenters. The van der Waals surface area contributed by atoms with Gasteiger partial charge >= 0.3 is 6.03 Å². The summed E-state index contributed by atoms with van der Waals surface area (Å²) in [7, 11) is 0. The van der Waals surface area contributed by atoms with Gasteiger partial charge in [-0.1, -0.05) is 23.2 Å². The van der Waals surface area contributed by atoms with E-state index in [1.54, 1.807) is 35.4 Å². The molecular formula is C16H17Cl2N5O. The second-order valence-electron chi connectivity index (χ2n) is 6.33. The van der Waals surface area contributed by atoms with E-state index in [2.05, 4.69) is 15.5 Å². The number of fused-ring (bicyclic) bond motifs is 2. The van der Waals surface area contributed by atoms with E-state index in [1.165, 1.54) is 0 Å². The number of piperidine rings is 1. The Labute approximate surface area is 149 Å². The summed E-state index contributed by atoms with van der Waals surface area (Å²) < 4.78 is 0. The fourth-order valence-corrected chi connectivity index (χ4v) is 4.14. The molecule has 1 N–H and O–H groups in total. The Bertz CT molecular complexity index is 737. The first-order valence-electron chi connectivity index (χ1n) is 8.02. The van der Waals surface area contributed by atoms with Crippen molar-refractivity contribution in [3.63, 3.8) is 0 Å². The third-order valence-corrected chi connectivity index (χ3v) is 5.62. The summed E-state index contributed by atoms with van der Waals surface area (Å²) in [6, 6.07) is 5.76.